The third-order valence-electron chi connectivity index (χ3n) is 3.12. The normalized spacial score (nSPS) is 10.1. The van der Waals surface area contributed by atoms with Crippen LogP contribution in [0, 0.1) is 0 Å². The molecule has 1 aromatic carbocycles. The number of ether oxygens (including phenoxy) is 2. The van der Waals surface area contributed by atoms with Crippen molar-refractivity contribution < 1.29 is 19.4 Å². The van der Waals surface area contributed by atoms with Crippen molar-refractivity contribution in [1.29, 1.82) is 0 Å². The Kier molecular flexibility index (Phi) is 4.67. The van der Waals surface area contributed by atoms with E-state index >= 15 is 0 Å². The Morgan fingerprint density at radius 2 is 2.09 bits per heavy atom. The Balaban J connectivity index is 2.13. The number of carbonyl (C=O) groups is 1. The molecular weight excluding hydrogens is 286 g/mol. The number of pyridine rings is 1. The zero-order valence-corrected chi connectivity index (χ0v) is 12.3. The van der Waals surface area contributed by atoms with E-state index in [2.05, 4.69) is 10.3 Å². The summed E-state index contributed by atoms with van der Waals surface area (Å²) in [7, 11) is 3.17. The molecule has 0 amide bonds. The standard InChI is InChI=1S/C15H17N3O4/c1-21-10-4-3-9(13(5-10)22-2)7-17-14-6-12(16)11(8-18-14)15(19)20/h3-6,8H,7H2,1-2H3,(H,19,20)(H3,16,17,18). The fraction of sp³-hybridized carbons (Fsp3) is 0.200. The zero-order valence-electron chi connectivity index (χ0n) is 12.3. The molecule has 4 N–H and O–H groups in total. The lowest BCUT2D eigenvalue weighted by atomic mass is 10.2. The number of rotatable bonds is 6. The van der Waals surface area contributed by atoms with Crippen LogP contribution >= 0.6 is 0 Å². The maximum Gasteiger partial charge on any atom is 0.339 e. The number of benzene rings is 1. The number of aromatic carboxylic acids is 1. The molecule has 1 heterocycles. The molecule has 0 aliphatic heterocycles. The zero-order chi connectivity index (χ0) is 16.1. The first-order valence-corrected chi connectivity index (χ1v) is 6.48. The predicted molar refractivity (Wildman–Crippen MR) is 82.5 cm³/mol. The average molecular weight is 303 g/mol. The molecule has 1 aromatic heterocycles. The molecule has 0 aliphatic rings. The number of aromatic nitrogens is 1. The first-order chi connectivity index (χ1) is 10.5. The van der Waals surface area contributed by atoms with Crippen LogP contribution in [-0.4, -0.2) is 30.3 Å². The summed E-state index contributed by atoms with van der Waals surface area (Å²) in [6.07, 6.45) is 1.23. The summed E-state index contributed by atoms with van der Waals surface area (Å²) < 4.78 is 10.4. The fourth-order valence-electron chi connectivity index (χ4n) is 1.93. The van der Waals surface area contributed by atoms with E-state index in [1.165, 1.54) is 12.3 Å². The molecule has 22 heavy (non-hydrogen) atoms. The number of carboxylic acid groups (broad SMARTS) is 1. The van der Waals surface area contributed by atoms with Crippen LogP contribution < -0.4 is 20.5 Å². The number of nitrogen functional groups attached to an aromatic ring is 1. The molecule has 0 fully saturated rings. The Morgan fingerprint density at radius 3 is 2.68 bits per heavy atom. The second kappa shape index (κ2) is 6.66. The first kappa shape index (κ1) is 15.4. The molecule has 116 valence electrons. The van der Waals surface area contributed by atoms with Gasteiger partial charge >= 0.3 is 5.97 Å². The molecule has 0 saturated heterocycles. The summed E-state index contributed by atoms with van der Waals surface area (Å²) in [5.74, 6) is 0.768. The van der Waals surface area contributed by atoms with Gasteiger partial charge in [0.25, 0.3) is 0 Å². The summed E-state index contributed by atoms with van der Waals surface area (Å²) in [4.78, 5) is 14.9. The lowest BCUT2D eigenvalue weighted by Crippen LogP contribution is -2.07. The average Bonchev–Trinajstić information content (AvgIpc) is 2.52. The van der Waals surface area contributed by atoms with E-state index in [0.717, 1.165) is 5.56 Å². The fourth-order valence-corrected chi connectivity index (χ4v) is 1.93. The Hall–Kier alpha value is -2.96. The highest BCUT2D eigenvalue weighted by atomic mass is 16.5. The molecule has 0 unspecified atom stereocenters. The minimum atomic E-state index is -1.10. The molecule has 7 nitrogen and oxygen atoms in total. The molecule has 0 spiro atoms. The van der Waals surface area contributed by atoms with Crippen LogP contribution in [0.1, 0.15) is 15.9 Å². The van der Waals surface area contributed by atoms with E-state index in [-0.39, 0.29) is 11.3 Å². The number of nitrogens with two attached hydrogens (primary N) is 1. The van der Waals surface area contributed by atoms with E-state index in [4.69, 9.17) is 20.3 Å². The summed E-state index contributed by atoms with van der Waals surface area (Å²) in [6.45, 7) is 0.450. The summed E-state index contributed by atoms with van der Waals surface area (Å²) in [5, 5.41) is 12.0. The highest BCUT2D eigenvalue weighted by molar-refractivity contribution is 5.93. The number of hydrogen-bond donors (Lipinski definition) is 3. The quantitative estimate of drug-likeness (QED) is 0.749. The lowest BCUT2D eigenvalue weighted by Gasteiger charge is -2.12. The van der Waals surface area contributed by atoms with Crippen LogP contribution in [0.4, 0.5) is 11.5 Å². The number of carboxylic acids is 1. The van der Waals surface area contributed by atoms with Crippen LogP contribution in [0.25, 0.3) is 0 Å². The Morgan fingerprint density at radius 1 is 1.32 bits per heavy atom. The molecule has 0 bridgehead atoms. The maximum atomic E-state index is 10.9. The number of hydrogen-bond acceptors (Lipinski definition) is 6. The van der Waals surface area contributed by atoms with Crippen molar-refractivity contribution >= 4 is 17.5 Å². The maximum absolute atomic E-state index is 10.9. The van der Waals surface area contributed by atoms with E-state index in [1.54, 1.807) is 20.3 Å². The predicted octanol–water partition coefficient (Wildman–Crippen LogP) is 1.99. The largest absolute Gasteiger partial charge is 0.497 e. The van der Waals surface area contributed by atoms with E-state index in [9.17, 15) is 4.79 Å². The Labute approximate surface area is 127 Å². The van der Waals surface area contributed by atoms with Crippen LogP contribution in [0.3, 0.4) is 0 Å². The lowest BCUT2D eigenvalue weighted by molar-refractivity contribution is 0.0697. The number of anilines is 2. The van der Waals surface area contributed by atoms with Crippen molar-refractivity contribution in [3.8, 4) is 11.5 Å². The van der Waals surface area contributed by atoms with E-state index in [0.29, 0.717) is 23.9 Å². The van der Waals surface area contributed by atoms with Crippen molar-refractivity contribution in [3.63, 3.8) is 0 Å². The topological polar surface area (TPSA) is 107 Å². The van der Waals surface area contributed by atoms with Gasteiger partial charge in [-0.25, -0.2) is 9.78 Å². The monoisotopic (exact) mass is 303 g/mol. The highest BCUT2D eigenvalue weighted by Crippen LogP contribution is 2.25. The molecule has 0 atom stereocenters. The van der Waals surface area contributed by atoms with Gasteiger partial charge in [0.1, 0.15) is 22.9 Å². The van der Waals surface area contributed by atoms with Gasteiger partial charge in [0, 0.05) is 30.4 Å². The van der Waals surface area contributed by atoms with E-state index < -0.39 is 5.97 Å². The van der Waals surface area contributed by atoms with Crippen molar-refractivity contribution in [3.05, 3.63) is 41.6 Å². The molecule has 2 aromatic rings. The van der Waals surface area contributed by atoms with Crippen molar-refractivity contribution in [2.75, 3.05) is 25.3 Å². The second-order valence-electron chi connectivity index (χ2n) is 4.49. The molecule has 7 heteroatoms. The van der Waals surface area contributed by atoms with Gasteiger partial charge in [0.15, 0.2) is 0 Å². The first-order valence-electron chi connectivity index (χ1n) is 6.48. The second-order valence-corrected chi connectivity index (χ2v) is 4.49. The molecular formula is C15H17N3O4. The third-order valence-corrected chi connectivity index (χ3v) is 3.12. The van der Waals surface area contributed by atoms with Gasteiger partial charge in [-0.3, -0.25) is 0 Å². The summed E-state index contributed by atoms with van der Waals surface area (Å²) >= 11 is 0. The van der Waals surface area contributed by atoms with Gasteiger partial charge in [-0.15, -0.1) is 0 Å². The molecule has 0 saturated carbocycles. The van der Waals surface area contributed by atoms with Gasteiger partial charge in [0.05, 0.1) is 19.9 Å². The van der Waals surface area contributed by atoms with Crippen molar-refractivity contribution in [1.82, 2.24) is 4.98 Å². The number of nitrogens with zero attached hydrogens (tertiary/aromatic N) is 1. The van der Waals surface area contributed by atoms with E-state index in [1.807, 2.05) is 12.1 Å². The minimum Gasteiger partial charge on any atom is -0.497 e. The van der Waals surface area contributed by atoms with Crippen molar-refractivity contribution in [2.24, 2.45) is 0 Å². The summed E-state index contributed by atoms with van der Waals surface area (Å²) in [5.41, 5.74) is 6.73. The molecule has 2 rings (SSSR count). The smallest absolute Gasteiger partial charge is 0.339 e. The van der Waals surface area contributed by atoms with Crippen LogP contribution in [0.15, 0.2) is 30.5 Å². The highest BCUT2D eigenvalue weighted by Gasteiger charge is 2.10. The van der Waals surface area contributed by atoms with Gasteiger partial charge < -0.3 is 25.6 Å². The van der Waals surface area contributed by atoms with Gasteiger partial charge in [0.2, 0.25) is 0 Å². The van der Waals surface area contributed by atoms with Gasteiger partial charge in [-0.1, -0.05) is 0 Å². The number of nitrogens with one attached hydrogen (secondary N) is 1. The van der Waals surface area contributed by atoms with Crippen LogP contribution in [0.5, 0.6) is 11.5 Å². The minimum absolute atomic E-state index is 0.0208. The number of methoxy groups -OCH3 is 2. The van der Waals surface area contributed by atoms with Gasteiger partial charge in [-0.05, 0) is 12.1 Å². The Bertz CT molecular complexity index is 688. The van der Waals surface area contributed by atoms with Crippen LogP contribution in [-0.2, 0) is 6.54 Å². The molecule has 0 radical (unpaired) electrons. The van der Waals surface area contributed by atoms with Gasteiger partial charge in [-0.2, -0.15) is 0 Å². The van der Waals surface area contributed by atoms with Crippen molar-refractivity contribution in [2.45, 2.75) is 6.54 Å². The van der Waals surface area contributed by atoms with Crippen LogP contribution in [0.2, 0.25) is 0 Å². The SMILES string of the molecule is COc1ccc(CNc2cc(N)c(C(=O)O)cn2)c(OC)c1. The summed E-state index contributed by atoms with van der Waals surface area (Å²) in [6, 6.07) is 6.97. The third kappa shape index (κ3) is 3.38. The molecule has 0 aliphatic carbocycles.